The number of halogens is 2. The summed E-state index contributed by atoms with van der Waals surface area (Å²) in [5.41, 5.74) is 3.70. The van der Waals surface area contributed by atoms with Gasteiger partial charge in [0.25, 0.3) is 0 Å². The van der Waals surface area contributed by atoms with Crippen LogP contribution in [0, 0.1) is 10.2 Å². The van der Waals surface area contributed by atoms with E-state index in [1.165, 1.54) is 25.6 Å². The van der Waals surface area contributed by atoms with Gasteiger partial charge in [-0.2, -0.15) is 0 Å². The molecule has 0 spiro atoms. The molecule has 2 aromatic carbocycles. The third-order valence-corrected chi connectivity index (χ3v) is 5.58. The molecule has 0 unspecified atom stereocenters. The molecule has 9 heteroatoms. The van der Waals surface area contributed by atoms with Crippen LogP contribution in [0.5, 0.6) is 0 Å². The molecule has 4 aromatic rings. The molecule has 2 aromatic heterocycles. The van der Waals surface area contributed by atoms with Crippen LogP contribution in [0.15, 0.2) is 53.9 Å². The average molecular weight is 405 g/mol. The normalized spacial score (nSPS) is 12.2. The number of para-hydroxylation sites is 1. The summed E-state index contributed by atoms with van der Waals surface area (Å²) in [6.45, 7) is 0. The van der Waals surface area contributed by atoms with Gasteiger partial charge >= 0.3 is 33.0 Å². The fourth-order valence-electron chi connectivity index (χ4n) is 2.25. The maximum atomic E-state index is 8.83. The first kappa shape index (κ1) is 17.5. The Hall–Kier alpha value is -1.29. The van der Waals surface area contributed by atoms with E-state index < -0.39 is 10.2 Å². The van der Waals surface area contributed by atoms with Gasteiger partial charge in [-0.15, -0.1) is 4.40 Å². The molecule has 0 saturated carbocycles. The van der Waals surface area contributed by atoms with E-state index in [9.17, 15) is 0 Å². The van der Waals surface area contributed by atoms with Crippen LogP contribution in [-0.2, 0) is 0 Å². The van der Waals surface area contributed by atoms with Crippen LogP contribution >= 0.6 is 34.3 Å². The second-order valence-corrected chi connectivity index (χ2v) is 8.18. The topological polar surface area (TPSA) is 87.9 Å². The van der Waals surface area contributed by atoms with Gasteiger partial charge in [0, 0.05) is 16.7 Å². The minimum absolute atomic E-state index is 0.774. The van der Waals surface area contributed by atoms with Crippen molar-refractivity contribution in [1.82, 2.24) is 0 Å². The van der Waals surface area contributed by atoms with Gasteiger partial charge in [0.2, 0.25) is 11.2 Å². The minimum atomic E-state index is -4.19. The maximum absolute atomic E-state index is 8.83. The summed E-state index contributed by atoms with van der Waals surface area (Å²) in [7, 11) is -4.19. The van der Waals surface area contributed by atoms with Crippen molar-refractivity contribution in [2.75, 3.05) is 0 Å². The van der Waals surface area contributed by atoms with E-state index in [0.29, 0.717) is 0 Å². The summed E-state index contributed by atoms with van der Waals surface area (Å²) >= 11 is 9.59. The molecule has 0 saturated heterocycles. The molecule has 3 N–H and O–H groups in total. The molecular formula is C15H12Cl2NO4S2+. The van der Waals surface area contributed by atoms with Crippen molar-refractivity contribution < 1.29 is 33.3 Å². The number of fused-ring (bicyclic) bond motifs is 3. The van der Waals surface area contributed by atoms with Crippen molar-refractivity contribution in [1.29, 1.82) is 0 Å². The fraction of sp³-hybridized carbons (Fsp3) is 0. The Morgan fingerprint density at radius 1 is 1.00 bits per heavy atom. The number of aromatic nitrogens is 1. The number of hydrogen-bond acceptors (Lipinski definition) is 6. The molecule has 0 amide bonds. The summed E-state index contributed by atoms with van der Waals surface area (Å²) in [6, 6.07) is 16.5. The molecule has 0 aliphatic heterocycles. The first-order valence-electron chi connectivity index (χ1n) is 6.56. The zero-order chi connectivity index (χ0) is 17.3. The number of thiazole rings is 2. The zero-order valence-corrected chi connectivity index (χ0v) is 15.1. The SMILES string of the molecule is Clc1ccc(-c2csc3sc4ccccc4[n+]23)cc1.[O-][Cl+](O)(O)O. The standard InChI is InChI=1S/C15H9ClNS2.ClH3O4/c16-11-7-5-10(6-8-11)13-9-18-15-17(13)12-3-1-2-4-14(12)19-15;2-1(3,4)5/h1-9H;2-4H/q+1;. The van der Waals surface area contributed by atoms with Gasteiger partial charge in [-0.3, -0.25) is 0 Å². The van der Waals surface area contributed by atoms with Gasteiger partial charge in [-0.25, -0.2) is 0 Å². The summed E-state index contributed by atoms with van der Waals surface area (Å²) in [5, 5.41) is 2.98. The van der Waals surface area contributed by atoms with Crippen LogP contribution in [0.4, 0.5) is 0 Å². The molecule has 0 radical (unpaired) electrons. The van der Waals surface area contributed by atoms with Crippen LogP contribution in [-0.4, -0.2) is 14.0 Å². The molecule has 24 heavy (non-hydrogen) atoms. The van der Waals surface area contributed by atoms with Gasteiger partial charge in [-0.1, -0.05) is 46.4 Å². The Balaban J connectivity index is 0.000000300. The van der Waals surface area contributed by atoms with E-state index in [2.05, 4.69) is 46.2 Å². The predicted molar refractivity (Wildman–Crippen MR) is 90.0 cm³/mol. The first-order valence-corrected chi connectivity index (χ1v) is 9.95. The van der Waals surface area contributed by atoms with Crippen molar-refractivity contribution in [3.63, 3.8) is 0 Å². The molecule has 0 aliphatic rings. The Morgan fingerprint density at radius 2 is 1.62 bits per heavy atom. The van der Waals surface area contributed by atoms with Crippen molar-refractivity contribution >= 4 is 48.6 Å². The van der Waals surface area contributed by atoms with Crippen LogP contribution in [0.25, 0.3) is 25.6 Å². The average Bonchev–Trinajstić information content (AvgIpc) is 3.05. The first-order chi connectivity index (χ1) is 11.3. The third-order valence-electron chi connectivity index (χ3n) is 3.14. The van der Waals surface area contributed by atoms with Crippen molar-refractivity contribution in [2.45, 2.75) is 0 Å². The Kier molecular flexibility index (Phi) is 5.05. The second kappa shape index (κ2) is 6.91. The third kappa shape index (κ3) is 4.02. The Bertz CT molecular complexity index is 971. The molecule has 2 heterocycles. The Labute approximate surface area is 152 Å². The molecule has 126 valence electrons. The molecule has 0 bridgehead atoms. The van der Waals surface area contributed by atoms with Crippen LogP contribution in [0.1, 0.15) is 0 Å². The fourth-order valence-corrected chi connectivity index (χ4v) is 4.62. The molecule has 5 nitrogen and oxygen atoms in total. The van der Waals surface area contributed by atoms with E-state index in [1.807, 2.05) is 23.5 Å². The molecule has 0 aliphatic carbocycles. The van der Waals surface area contributed by atoms with Gasteiger partial charge in [-0.05, 0) is 30.3 Å². The summed E-state index contributed by atoms with van der Waals surface area (Å²) < 4.78 is 35.2. The summed E-state index contributed by atoms with van der Waals surface area (Å²) in [6.07, 6.45) is 0. The number of benzene rings is 2. The van der Waals surface area contributed by atoms with Gasteiger partial charge < -0.3 is 0 Å². The molecule has 4 rings (SSSR count). The van der Waals surface area contributed by atoms with E-state index in [4.69, 9.17) is 30.2 Å². The predicted octanol–water partition coefficient (Wildman–Crippen LogP) is 2.16. The van der Waals surface area contributed by atoms with Crippen molar-refractivity contribution in [3.8, 4) is 11.3 Å². The van der Waals surface area contributed by atoms with E-state index in [-0.39, 0.29) is 0 Å². The van der Waals surface area contributed by atoms with Crippen LogP contribution < -0.4 is 9.06 Å². The van der Waals surface area contributed by atoms with Crippen molar-refractivity contribution in [2.24, 2.45) is 0 Å². The van der Waals surface area contributed by atoms with Gasteiger partial charge in [0.15, 0.2) is 0 Å². The van der Waals surface area contributed by atoms with Crippen molar-refractivity contribution in [3.05, 3.63) is 58.9 Å². The number of nitrogens with zero attached hydrogens (tertiary/aromatic N) is 1. The summed E-state index contributed by atoms with van der Waals surface area (Å²) in [5.74, 6) is 0. The number of rotatable bonds is 1. The monoisotopic (exact) mass is 404 g/mol. The molecule has 0 fully saturated rings. The van der Waals surface area contributed by atoms with Crippen LogP contribution in [0.2, 0.25) is 5.02 Å². The van der Waals surface area contributed by atoms with E-state index in [0.717, 1.165) is 5.02 Å². The second-order valence-electron chi connectivity index (χ2n) is 4.73. The number of hydrogen-bond donors (Lipinski definition) is 3. The Morgan fingerprint density at radius 3 is 2.29 bits per heavy atom. The molecule has 0 atom stereocenters. The van der Waals surface area contributed by atoms with Gasteiger partial charge in [0.05, 0.1) is 5.38 Å². The molecular weight excluding hydrogens is 393 g/mol. The zero-order valence-electron chi connectivity index (χ0n) is 12.0. The van der Waals surface area contributed by atoms with Crippen LogP contribution in [0.3, 0.4) is 0 Å². The summed E-state index contributed by atoms with van der Waals surface area (Å²) in [4.78, 5) is 0. The quantitative estimate of drug-likeness (QED) is 0.424. The van der Waals surface area contributed by atoms with E-state index in [1.54, 1.807) is 11.3 Å². The van der Waals surface area contributed by atoms with E-state index >= 15 is 0 Å². The van der Waals surface area contributed by atoms with Gasteiger partial charge in [0.1, 0.15) is 4.70 Å².